The van der Waals surface area contributed by atoms with Gasteiger partial charge in [-0.3, -0.25) is 9.59 Å². The van der Waals surface area contributed by atoms with E-state index in [0.29, 0.717) is 19.4 Å². The summed E-state index contributed by atoms with van der Waals surface area (Å²) >= 11 is 1.53. The van der Waals surface area contributed by atoms with Gasteiger partial charge in [-0.05, 0) is 24.3 Å². The summed E-state index contributed by atoms with van der Waals surface area (Å²) in [5.41, 5.74) is 0. The number of piperidine rings is 1. The van der Waals surface area contributed by atoms with Gasteiger partial charge in [0.25, 0.3) is 0 Å². The third-order valence-corrected chi connectivity index (χ3v) is 4.27. The second-order valence-corrected chi connectivity index (χ2v) is 5.51. The molecule has 98 valence electrons. The summed E-state index contributed by atoms with van der Waals surface area (Å²) in [6.45, 7) is 2.63. The van der Waals surface area contributed by atoms with Crippen LogP contribution in [-0.4, -0.2) is 28.4 Å². The third-order valence-electron chi connectivity index (χ3n) is 3.32. The summed E-state index contributed by atoms with van der Waals surface area (Å²) < 4.78 is 0. The zero-order valence-corrected chi connectivity index (χ0v) is 11.2. The number of carboxylic acids is 1. The number of hydrogen-bond acceptors (Lipinski definition) is 3. The predicted molar refractivity (Wildman–Crippen MR) is 69.4 cm³/mol. The molecule has 0 radical (unpaired) electrons. The number of amides is 1. The summed E-state index contributed by atoms with van der Waals surface area (Å²) in [5, 5.41) is 11.3. The van der Waals surface area contributed by atoms with E-state index in [1.165, 1.54) is 11.3 Å². The SMILES string of the molecule is CCCN1C(=O)CCC(C(=O)O)C1c1cccs1. The number of nitrogens with zero attached hydrogens (tertiary/aromatic N) is 1. The largest absolute Gasteiger partial charge is 0.481 e. The Morgan fingerprint density at radius 2 is 2.39 bits per heavy atom. The Kier molecular flexibility index (Phi) is 4.01. The first-order valence-electron chi connectivity index (χ1n) is 6.20. The highest BCUT2D eigenvalue weighted by Gasteiger charge is 2.40. The molecule has 1 aromatic heterocycles. The molecule has 4 nitrogen and oxygen atoms in total. The summed E-state index contributed by atoms with van der Waals surface area (Å²) in [6.07, 6.45) is 1.63. The van der Waals surface area contributed by atoms with Crippen molar-refractivity contribution < 1.29 is 14.7 Å². The Bertz CT molecular complexity index is 429. The Hall–Kier alpha value is -1.36. The van der Waals surface area contributed by atoms with E-state index in [1.807, 2.05) is 24.4 Å². The molecular formula is C13H17NO3S. The summed E-state index contributed by atoms with van der Waals surface area (Å²) in [4.78, 5) is 26.1. The highest BCUT2D eigenvalue weighted by Crippen LogP contribution is 2.38. The van der Waals surface area contributed by atoms with Gasteiger partial charge < -0.3 is 10.0 Å². The molecule has 1 aliphatic heterocycles. The fraction of sp³-hybridized carbons (Fsp3) is 0.538. The van der Waals surface area contributed by atoms with Crippen LogP contribution in [0.25, 0.3) is 0 Å². The van der Waals surface area contributed by atoms with Crippen molar-refractivity contribution in [3.8, 4) is 0 Å². The van der Waals surface area contributed by atoms with Gasteiger partial charge in [-0.2, -0.15) is 0 Å². The first-order chi connectivity index (χ1) is 8.65. The Labute approximate surface area is 110 Å². The molecule has 0 aliphatic carbocycles. The number of hydrogen-bond donors (Lipinski definition) is 1. The molecule has 0 aromatic carbocycles. The van der Waals surface area contributed by atoms with Crippen molar-refractivity contribution in [1.82, 2.24) is 4.90 Å². The highest BCUT2D eigenvalue weighted by atomic mass is 32.1. The average molecular weight is 267 g/mol. The number of carbonyl (C=O) groups excluding carboxylic acids is 1. The van der Waals surface area contributed by atoms with E-state index in [9.17, 15) is 14.7 Å². The van der Waals surface area contributed by atoms with Gasteiger partial charge in [0, 0.05) is 17.8 Å². The lowest BCUT2D eigenvalue weighted by Gasteiger charge is -2.38. The van der Waals surface area contributed by atoms with Crippen LogP contribution in [0.5, 0.6) is 0 Å². The lowest BCUT2D eigenvalue weighted by Crippen LogP contribution is -2.45. The zero-order chi connectivity index (χ0) is 13.1. The van der Waals surface area contributed by atoms with Crippen LogP contribution in [0.1, 0.15) is 37.1 Å². The van der Waals surface area contributed by atoms with Gasteiger partial charge in [-0.25, -0.2) is 0 Å². The average Bonchev–Trinajstić information content (AvgIpc) is 2.84. The molecule has 2 atom stereocenters. The second kappa shape index (κ2) is 5.52. The van der Waals surface area contributed by atoms with Crippen molar-refractivity contribution in [3.05, 3.63) is 22.4 Å². The fourth-order valence-electron chi connectivity index (χ4n) is 2.53. The molecular weight excluding hydrogens is 250 g/mol. The molecule has 5 heteroatoms. The van der Waals surface area contributed by atoms with Gasteiger partial charge >= 0.3 is 5.97 Å². The predicted octanol–water partition coefficient (Wildman–Crippen LogP) is 2.52. The van der Waals surface area contributed by atoms with Gasteiger partial charge in [0.15, 0.2) is 0 Å². The second-order valence-electron chi connectivity index (χ2n) is 4.53. The van der Waals surface area contributed by atoms with Crippen molar-refractivity contribution in [2.45, 2.75) is 32.2 Å². The molecule has 2 heterocycles. The van der Waals surface area contributed by atoms with Crippen LogP contribution in [0.3, 0.4) is 0 Å². The summed E-state index contributed by atoms with van der Waals surface area (Å²) in [7, 11) is 0. The quantitative estimate of drug-likeness (QED) is 0.912. The molecule has 2 unspecified atom stereocenters. The molecule has 2 rings (SSSR count). The maximum atomic E-state index is 12.0. The molecule has 1 amide bonds. The van der Waals surface area contributed by atoms with Crippen molar-refractivity contribution >= 4 is 23.2 Å². The molecule has 0 bridgehead atoms. The van der Waals surface area contributed by atoms with E-state index < -0.39 is 11.9 Å². The molecule has 0 saturated carbocycles. The van der Waals surface area contributed by atoms with Crippen LogP contribution in [0.15, 0.2) is 17.5 Å². The minimum atomic E-state index is -0.804. The molecule has 0 spiro atoms. The van der Waals surface area contributed by atoms with Crippen LogP contribution in [0, 0.1) is 5.92 Å². The fourth-order valence-corrected chi connectivity index (χ4v) is 3.43. The Morgan fingerprint density at radius 3 is 2.94 bits per heavy atom. The van der Waals surface area contributed by atoms with Gasteiger partial charge in [-0.15, -0.1) is 11.3 Å². The van der Waals surface area contributed by atoms with Crippen LogP contribution >= 0.6 is 11.3 Å². The van der Waals surface area contributed by atoms with Crippen molar-refractivity contribution in [2.24, 2.45) is 5.92 Å². The van der Waals surface area contributed by atoms with Crippen LogP contribution < -0.4 is 0 Å². The summed E-state index contributed by atoms with van der Waals surface area (Å²) in [5.74, 6) is -1.21. The van der Waals surface area contributed by atoms with Crippen molar-refractivity contribution in [3.63, 3.8) is 0 Å². The number of rotatable bonds is 4. The maximum Gasteiger partial charge on any atom is 0.308 e. The number of carboxylic acid groups (broad SMARTS) is 1. The molecule has 1 aromatic rings. The van der Waals surface area contributed by atoms with Gasteiger partial charge in [0.1, 0.15) is 0 Å². The Balaban J connectivity index is 2.34. The van der Waals surface area contributed by atoms with E-state index >= 15 is 0 Å². The number of thiophene rings is 1. The highest BCUT2D eigenvalue weighted by molar-refractivity contribution is 7.10. The van der Waals surface area contributed by atoms with Crippen LogP contribution in [-0.2, 0) is 9.59 Å². The van der Waals surface area contributed by atoms with E-state index in [-0.39, 0.29) is 11.9 Å². The van der Waals surface area contributed by atoms with Crippen LogP contribution in [0.2, 0.25) is 0 Å². The number of likely N-dealkylation sites (tertiary alicyclic amines) is 1. The smallest absolute Gasteiger partial charge is 0.308 e. The number of aliphatic carboxylic acids is 1. The molecule has 1 fully saturated rings. The van der Waals surface area contributed by atoms with Crippen molar-refractivity contribution in [2.75, 3.05) is 6.54 Å². The van der Waals surface area contributed by atoms with Gasteiger partial charge in [-0.1, -0.05) is 13.0 Å². The maximum absolute atomic E-state index is 12.0. The minimum absolute atomic E-state index is 0.0766. The number of carbonyl (C=O) groups is 2. The molecule has 18 heavy (non-hydrogen) atoms. The first-order valence-corrected chi connectivity index (χ1v) is 7.08. The van der Waals surface area contributed by atoms with E-state index in [1.54, 1.807) is 4.90 Å². The normalized spacial score (nSPS) is 24.3. The topological polar surface area (TPSA) is 57.6 Å². The first kappa shape index (κ1) is 13.1. The monoisotopic (exact) mass is 267 g/mol. The van der Waals surface area contributed by atoms with Gasteiger partial charge in [0.05, 0.1) is 12.0 Å². The van der Waals surface area contributed by atoms with E-state index in [0.717, 1.165) is 11.3 Å². The minimum Gasteiger partial charge on any atom is -0.481 e. The molecule has 1 N–H and O–H groups in total. The molecule has 1 saturated heterocycles. The standard InChI is InChI=1S/C13H17NO3S/c1-2-7-14-11(15)6-5-9(13(16)17)12(14)10-4-3-8-18-10/h3-4,8-9,12H,2,5-7H2,1H3,(H,16,17). The van der Waals surface area contributed by atoms with Gasteiger partial charge in [0.2, 0.25) is 5.91 Å². The zero-order valence-electron chi connectivity index (χ0n) is 10.3. The third kappa shape index (κ3) is 2.41. The van der Waals surface area contributed by atoms with Crippen LogP contribution in [0.4, 0.5) is 0 Å². The lowest BCUT2D eigenvalue weighted by atomic mass is 9.87. The van der Waals surface area contributed by atoms with E-state index in [4.69, 9.17) is 0 Å². The summed E-state index contributed by atoms with van der Waals surface area (Å²) in [6, 6.07) is 3.54. The van der Waals surface area contributed by atoms with Crippen molar-refractivity contribution in [1.29, 1.82) is 0 Å². The lowest BCUT2D eigenvalue weighted by molar-refractivity contribution is -0.152. The Morgan fingerprint density at radius 1 is 1.61 bits per heavy atom. The molecule has 1 aliphatic rings. The van der Waals surface area contributed by atoms with E-state index in [2.05, 4.69) is 0 Å².